The number of rotatable bonds is 3. The molecule has 1 unspecified atom stereocenters. The van der Waals surface area contributed by atoms with Gasteiger partial charge in [0.1, 0.15) is 5.76 Å². The van der Waals surface area contributed by atoms with Gasteiger partial charge in [-0.3, -0.25) is 0 Å². The van der Waals surface area contributed by atoms with Crippen LogP contribution in [0.2, 0.25) is 0 Å². The van der Waals surface area contributed by atoms with Crippen molar-refractivity contribution >= 4 is 11.6 Å². The molecule has 0 saturated heterocycles. The van der Waals surface area contributed by atoms with E-state index in [1.165, 1.54) is 6.08 Å². The van der Waals surface area contributed by atoms with Crippen LogP contribution in [0.4, 0.5) is 0 Å². The Balaban J connectivity index is 4.02. The lowest BCUT2D eigenvalue weighted by atomic mass is 10.2. The number of hydrogen-bond acceptors (Lipinski definition) is 2. The highest BCUT2D eigenvalue weighted by Gasteiger charge is 1.99. The van der Waals surface area contributed by atoms with Crippen LogP contribution in [0, 0.1) is 0 Å². The molecule has 0 saturated carbocycles. The van der Waals surface area contributed by atoms with Gasteiger partial charge in [0.05, 0.1) is 11.1 Å². The van der Waals surface area contributed by atoms with Gasteiger partial charge in [-0.05, 0) is 12.5 Å². The minimum Gasteiger partial charge on any atom is -0.507 e. The number of halogens is 1. The van der Waals surface area contributed by atoms with E-state index in [4.69, 9.17) is 21.8 Å². The van der Waals surface area contributed by atoms with Crippen LogP contribution in [0.5, 0.6) is 0 Å². The zero-order valence-electron chi connectivity index (χ0n) is 5.84. The van der Waals surface area contributed by atoms with Gasteiger partial charge in [0.2, 0.25) is 0 Å². The molecule has 2 N–H and O–H groups in total. The summed E-state index contributed by atoms with van der Waals surface area (Å²) in [7, 11) is 0. The van der Waals surface area contributed by atoms with E-state index < -0.39 is 6.10 Å². The van der Waals surface area contributed by atoms with E-state index in [9.17, 15) is 0 Å². The highest BCUT2D eigenvalue weighted by Crippen LogP contribution is 2.11. The lowest BCUT2D eigenvalue weighted by molar-refractivity contribution is 0.218. The maximum atomic E-state index is 8.96. The highest BCUT2D eigenvalue weighted by molar-refractivity contribution is 6.31. The smallest absolute Gasteiger partial charge is 0.126 e. The summed E-state index contributed by atoms with van der Waals surface area (Å²) in [5, 5.41) is 17.7. The van der Waals surface area contributed by atoms with Crippen LogP contribution in [-0.2, 0) is 0 Å². The summed E-state index contributed by atoms with van der Waals surface area (Å²) in [6.45, 7) is 5.00. The molecule has 3 heteroatoms. The normalized spacial score (nSPS) is 14.9. The Morgan fingerprint density at radius 2 is 2.30 bits per heavy atom. The Bertz CT molecular complexity index is 152. The van der Waals surface area contributed by atoms with Gasteiger partial charge in [0.25, 0.3) is 0 Å². The van der Waals surface area contributed by atoms with Gasteiger partial charge >= 0.3 is 0 Å². The monoisotopic (exact) mass is 162 g/mol. The van der Waals surface area contributed by atoms with Gasteiger partial charge in [-0.15, -0.1) is 0 Å². The predicted molar refractivity (Wildman–Crippen MR) is 42.0 cm³/mol. The van der Waals surface area contributed by atoms with Crippen LogP contribution in [0.3, 0.4) is 0 Å². The highest BCUT2D eigenvalue weighted by atomic mass is 35.5. The molecule has 1 atom stereocenters. The first-order valence-corrected chi connectivity index (χ1v) is 3.39. The molecule has 10 heavy (non-hydrogen) atoms. The van der Waals surface area contributed by atoms with Crippen molar-refractivity contribution in [1.29, 1.82) is 0 Å². The Morgan fingerprint density at radius 1 is 1.80 bits per heavy atom. The van der Waals surface area contributed by atoms with Gasteiger partial charge in [-0.25, -0.2) is 0 Å². The molecule has 2 nitrogen and oxygen atoms in total. The van der Waals surface area contributed by atoms with Gasteiger partial charge in [-0.1, -0.05) is 25.1 Å². The van der Waals surface area contributed by atoms with E-state index in [1.54, 1.807) is 0 Å². The van der Waals surface area contributed by atoms with Crippen molar-refractivity contribution in [3.8, 4) is 0 Å². The van der Waals surface area contributed by atoms with E-state index in [2.05, 4.69) is 6.58 Å². The summed E-state index contributed by atoms with van der Waals surface area (Å²) in [5.41, 5.74) is 0. The molecule has 58 valence electrons. The lowest BCUT2D eigenvalue weighted by Gasteiger charge is -2.00. The minimum atomic E-state index is -0.601. The summed E-state index contributed by atoms with van der Waals surface area (Å²) in [6.07, 6.45) is 1.32. The van der Waals surface area contributed by atoms with Crippen molar-refractivity contribution in [1.82, 2.24) is 0 Å². The van der Waals surface area contributed by atoms with Crippen LogP contribution >= 0.6 is 11.6 Å². The van der Waals surface area contributed by atoms with Crippen molar-refractivity contribution in [2.24, 2.45) is 0 Å². The molecule has 0 aliphatic rings. The van der Waals surface area contributed by atoms with E-state index in [-0.39, 0.29) is 10.8 Å². The molecule has 0 spiro atoms. The summed E-state index contributed by atoms with van der Waals surface area (Å²) in [5.74, 6) is -0.214. The van der Waals surface area contributed by atoms with E-state index >= 15 is 0 Å². The summed E-state index contributed by atoms with van der Waals surface area (Å²) in [6, 6.07) is 0. The first kappa shape index (κ1) is 9.53. The maximum absolute atomic E-state index is 8.96. The summed E-state index contributed by atoms with van der Waals surface area (Å²) in [4.78, 5) is 0. The van der Waals surface area contributed by atoms with Crippen molar-refractivity contribution in [2.45, 2.75) is 19.4 Å². The molecule has 0 fully saturated rings. The Kier molecular flexibility index (Phi) is 4.16. The minimum absolute atomic E-state index is 0.106. The van der Waals surface area contributed by atoms with E-state index in [1.807, 2.05) is 6.92 Å². The van der Waals surface area contributed by atoms with Gasteiger partial charge in [-0.2, -0.15) is 0 Å². The molecule has 0 aromatic heterocycles. The SMILES string of the molecule is C=C(O)/C(Cl)=C\C(O)CC. The molecule has 0 aromatic rings. The third-order valence-electron chi connectivity index (χ3n) is 1.03. The molecular formula is C7H11ClO2. The predicted octanol–water partition coefficient (Wildman–Crippen LogP) is 1.95. The average molecular weight is 163 g/mol. The second kappa shape index (κ2) is 4.36. The van der Waals surface area contributed by atoms with Gasteiger partial charge in [0, 0.05) is 0 Å². The number of allylic oxidation sites excluding steroid dienone is 1. The molecule has 0 bridgehead atoms. The fourth-order valence-corrected chi connectivity index (χ4v) is 0.528. The van der Waals surface area contributed by atoms with Gasteiger partial charge in [0.15, 0.2) is 0 Å². The first-order valence-electron chi connectivity index (χ1n) is 3.01. The first-order chi connectivity index (χ1) is 4.57. The van der Waals surface area contributed by atoms with Crippen LogP contribution in [0.1, 0.15) is 13.3 Å². The Morgan fingerprint density at radius 3 is 2.60 bits per heavy atom. The molecule has 0 heterocycles. The topological polar surface area (TPSA) is 40.5 Å². The molecular weight excluding hydrogens is 152 g/mol. The standard InChI is InChI=1S/C7H11ClO2/c1-3-6(10)4-7(8)5(2)9/h4,6,9-10H,2-3H2,1H3/b7-4+. The second-order valence-electron chi connectivity index (χ2n) is 1.94. The molecule has 0 radical (unpaired) electrons. The molecule has 0 aromatic carbocycles. The largest absolute Gasteiger partial charge is 0.507 e. The van der Waals surface area contributed by atoms with E-state index in [0.717, 1.165) is 0 Å². The van der Waals surface area contributed by atoms with Crippen molar-refractivity contribution in [3.05, 3.63) is 23.4 Å². The van der Waals surface area contributed by atoms with Crippen molar-refractivity contribution < 1.29 is 10.2 Å². The van der Waals surface area contributed by atoms with Crippen molar-refractivity contribution in [3.63, 3.8) is 0 Å². The molecule has 0 aliphatic heterocycles. The zero-order chi connectivity index (χ0) is 8.15. The van der Waals surface area contributed by atoms with Crippen LogP contribution in [-0.4, -0.2) is 16.3 Å². The average Bonchev–Trinajstić information content (AvgIpc) is 1.87. The van der Waals surface area contributed by atoms with E-state index in [0.29, 0.717) is 6.42 Å². The Hall–Kier alpha value is -0.470. The molecule has 0 aliphatic carbocycles. The summed E-state index contributed by atoms with van der Waals surface area (Å²) >= 11 is 5.44. The maximum Gasteiger partial charge on any atom is 0.126 e. The summed E-state index contributed by atoms with van der Waals surface area (Å²) < 4.78 is 0. The van der Waals surface area contributed by atoms with Crippen LogP contribution in [0.15, 0.2) is 23.4 Å². The van der Waals surface area contributed by atoms with Gasteiger partial charge < -0.3 is 10.2 Å². The fraction of sp³-hybridized carbons (Fsp3) is 0.429. The number of aliphatic hydroxyl groups is 2. The quantitative estimate of drug-likeness (QED) is 0.492. The van der Waals surface area contributed by atoms with Crippen LogP contribution < -0.4 is 0 Å². The second-order valence-corrected chi connectivity index (χ2v) is 2.34. The zero-order valence-corrected chi connectivity index (χ0v) is 6.60. The van der Waals surface area contributed by atoms with Crippen molar-refractivity contribution in [2.75, 3.05) is 0 Å². The Labute approximate surface area is 65.4 Å². The number of aliphatic hydroxyl groups excluding tert-OH is 2. The number of hydrogen-bond donors (Lipinski definition) is 2. The third-order valence-corrected chi connectivity index (χ3v) is 1.38. The fourth-order valence-electron chi connectivity index (χ4n) is 0.383. The lowest BCUT2D eigenvalue weighted by Crippen LogP contribution is -1.99. The third kappa shape index (κ3) is 3.54. The molecule has 0 amide bonds. The van der Waals surface area contributed by atoms with Crippen LogP contribution in [0.25, 0.3) is 0 Å². The molecule has 0 rings (SSSR count).